The van der Waals surface area contributed by atoms with E-state index in [9.17, 15) is 19.1 Å². The van der Waals surface area contributed by atoms with Crippen molar-refractivity contribution >= 4 is 44.2 Å². The zero-order chi connectivity index (χ0) is 20.5. The molecule has 0 spiro atoms. The van der Waals surface area contributed by atoms with Crippen LogP contribution in [0.25, 0.3) is 22.3 Å². The second-order valence-corrected chi connectivity index (χ2v) is 7.54. The van der Waals surface area contributed by atoms with Gasteiger partial charge in [-0.15, -0.1) is 0 Å². The predicted molar refractivity (Wildman–Crippen MR) is 110 cm³/mol. The molecule has 2 aliphatic rings. The fraction of sp³-hybridized carbons (Fsp3) is 0.318. The van der Waals surface area contributed by atoms with Crippen molar-refractivity contribution in [3.8, 4) is 11.4 Å². The molecule has 1 N–H and O–H groups in total. The van der Waals surface area contributed by atoms with Gasteiger partial charge in [-0.05, 0) is 42.7 Å². The largest absolute Gasteiger partial charge is 0.458 e. The summed E-state index contributed by atoms with van der Waals surface area (Å²) in [7, 11) is 0. The molecule has 1 aromatic carbocycles. The van der Waals surface area contributed by atoms with E-state index in [4.69, 9.17) is 9.72 Å². The molecule has 8 heteroatoms. The molecule has 3 aromatic rings. The third-order valence-corrected chi connectivity index (χ3v) is 6.12. The van der Waals surface area contributed by atoms with Crippen molar-refractivity contribution < 1.29 is 19.0 Å². The van der Waals surface area contributed by atoms with Crippen LogP contribution in [0.5, 0.6) is 0 Å². The first kappa shape index (κ1) is 21.1. The molecule has 0 aliphatic carbocycles. The Bertz CT molecular complexity index is 1290. The number of nitrogens with zero attached hydrogens (tertiary/aromatic N) is 2. The quantitative estimate of drug-likeness (QED) is 0.282. The summed E-state index contributed by atoms with van der Waals surface area (Å²) in [6.07, 6.45) is 0.757. The van der Waals surface area contributed by atoms with Gasteiger partial charge < -0.3 is 14.4 Å². The van der Waals surface area contributed by atoms with Gasteiger partial charge in [0.05, 0.1) is 29.0 Å². The Kier molecular flexibility index (Phi) is 5.08. The Hall–Kier alpha value is -2.14. The van der Waals surface area contributed by atoms with Crippen molar-refractivity contribution in [2.45, 2.75) is 45.4 Å². The van der Waals surface area contributed by atoms with E-state index in [1.54, 1.807) is 23.6 Å². The Morgan fingerprint density at radius 2 is 2.00 bits per heavy atom. The van der Waals surface area contributed by atoms with Gasteiger partial charge in [-0.25, -0.2) is 14.2 Å². The summed E-state index contributed by atoms with van der Waals surface area (Å²) in [5.41, 5.74) is 2.10. The van der Waals surface area contributed by atoms with Gasteiger partial charge in [0.2, 0.25) is 0 Å². The van der Waals surface area contributed by atoms with E-state index in [0.717, 1.165) is 16.5 Å². The zero-order valence-electron chi connectivity index (χ0n) is 16.6. The molecule has 30 heavy (non-hydrogen) atoms. The van der Waals surface area contributed by atoms with Gasteiger partial charge in [0.25, 0.3) is 5.56 Å². The minimum absolute atomic E-state index is 0. The number of aromatic nitrogens is 2. The van der Waals surface area contributed by atoms with Crippen LogP contribution in [0.4, 0.5) is 4.39 Å². The summed E-state index contributed by atoms with van der Waals surface area (Å²) in [4.78, 5) is 30.2. The molecule has 152 valence electrons. The van der Waals surface area contributed by atoms with E-state index in [0.29, 0.717) is 41.0 Å². The molecule has 0 amide bonds. The monoisotopic (exact) mass is 602 g/mol. The Morgan fingerprint density at radius 3 is 2.70 bits per heavy atom. The maximum Gasteiger partial charge on any atom is 0.343 e. The number of aryl methyl sites for hydroxylation is 1. The smallest absolute Gasteiger partial charge is 0.343 e. The third kappa shape index (κ3) is 2.71. The van der Waals surface area contributed by atoms with Crippen LogP contribution in [0.2, 0.25) is 0 Å². The second kappa shape index (κ2) is 7.23. The molecule has 2 aliphatic heterocycles. The van der Waals surface area contributed by atoms with Crippen LogP contribution in [-0.4, -0.2) is 47.9 Å². The van der Waals surface area contributed by atoms with Gasteiger partial charge >= 0.3 is 5.97 Å². The van der Waals surface area contributed by atoms with Crippen LogP contribution in [-0.2, 0) is 34.7 Å². The SMILES string of the molecule is CCc1c2c(nc3ccc(F)cc13)-c1cc3c(c(=O)n1C2)COC(=O)C3(O)CC.[Pb]. The van der Waals surface area contributed by atoms with Gasteiger partial charge in [-0.1, -0.05) is 13.8 Å². The molecule has 0 saturated carbocycles. The molecule has 0 fully saturated rings. The van der Waals surface area contributed by atoms with Crippen molar-refractivity contribution in [2.75, 3.05) is 0 Å². The summed E-state index contributed by atoms with van der Waals surface area (Å²) in [6, 6.07) is 6.15. The van der Waals surface area contributed by atoms with Gasteiger partial charge in [0.1, 0.15) is 12.4 Å². The van der Waals surface area contributed by atoms with E-state index in [1.807, 2.05) is 6.92 Å². The second-order valence-electron chi connectivity index (χ2n) is 7.54. The van der Waals surface area contributed by atoms with E-state index < -0.39 is 11.6 Å². The molecule has 6 nitrogen and oxygen atoms in total. The molecule has 0 bridgehead atoms. The Morgan fingerprint density at radius 1 is 1.23 bits per heavy atom. The maximum absolute atomic E-state index is 13.8. The number of fused-ring (bicyclic) bond motifs is 5. The summed E-state index contributed by atoms with van der Waals surface area (Å²) in [6.45, 7) is 3.81. The number of carbonyl (C=O) groups is 1. The van der Waals surface area contributed by atoms with E-state index in [2.05, 4.69) is 0 Å². The summed E-state index contributed by atoms with van der Waals surface area (Å²) >= 11 is 0. The number of hydrogen-bond acceptors (Lipinski definition) is 5. The minimum atomic E-state index is -1.85. The first-order valence-electron chi connectivity index (χ1n) is 9.67. The van der Waals surface area contributed by atoms with Crippen LogP contribution in [0, 0.1) is 5.82 Å². The van der Waals surface area contributed by atoms with Crippen LogP contribution < -0.4 is 5.56 Å². The van der Waals surface area contributed by atoms with Gasteiger partial charge in [0.15, 0.2) is 5.60 Å². The number of pyridine rings is 2. The van der Waals surface area contributed by atoms with Gasteiger partial charge in [-0.3, -0.25) is 4.79 Å². The Balaban J connectivity index is 0.00000218. The standard InChI is InChI=1S/C22H19FN2O4.Pb/c1-3-12-13-7-11(23)5-6-17(13)24-19-14(12)9-25-18(19)8-16-15(20(25)26)10-29-21(27)22(16,28)4-2;/h5-8,28H,3-4,9-10H2,1-2H3;. The van der Waals surface area contributed by atoms with Crippen molar-refractivity contribution in [1.29, 1.82) is 0 Å². The molecule has 1 atom stereocenters. The molecule has 5 rings (SSSR count). The number of halogens is 1. The van der Waals surface area contributed by atoms with E-state index in [1.165, 1.54) is 12.1 Å². The molecule has 1 unspecified atom stereocenters. The fourth-order valence-electron chi connectivity index (χ4n) is 4.54. The number of carbonyl (C=O) groups excluding carboxylic acids is 1. The average Bonchev–Trinajstić information content (AvgIpc) is 3.08. The predicted octanol–water partition coefficient (Wildman–Crippen LogP) is 2.40. The molecule has 2 aromatic heterocycles. The van der Waals surface area contributed by atoms with Gasteiger partial charge in [-0.2, -0.15) is 0 Å². The fourth-order valence-corrected chi connectivity index (χ4v) is 4.54. The van der Waals surface area contributed by atoms with E-state index in [-0.39, 0.29) is 51.7 Å². The number of cyclic esters (lactones) is 1. The average molecular weight is 602 g/mol. The van der Waals surface area contributed by atoms with E-state index >= 15 is 0 Å². The number of benzene rings is 1. The first-order valence-corrected chi connectivity index (χ1v) is 9.67. The van der Waals surface area contributed by atoms with Crippen LogP contribution in [0.3, 0.4) is 0 Å². The van der Waals surface area contributed by atoms with Crippen molar-refractivity contribution in [1.82, 2.24) is 9.55 Å². The van der Waals surface area contributed by atoms with Crippen molar-refractivity contribution in [2.24, 2.45) is 0 Å². The van der Waals surface area contributed by atoms with Crippen LogP contribution in [0.15, 0.2) is 29.1 Å². The number of hydrogen-bond donors (Lipinski definition) is 1. The third-order valence-electron chi connectivity index (χ3n) is 6.12. The summed E-state index contributed by atoms with van der Waals surface area (Å²) < 4.78 is 20.5. The van der Waals surface area contributed by atoms with Crippen molar-refractivity contribution in [3.63, 3.8) is 0 Å². The zero-order valence-corrected chi connectivity index (χ0v) is 20.5. The number of rotatable bonds is 2. The van der Waals surface area contributed by atoms with Crippen molar-refractivity contribution in [3.05, 3.63) is 62.7 Å². The van der Waals surface area contributed by atoms with Crippen LogP contribution >= 0.6 is 0 Å². The molecule has 0 saturated heterocycles. The van der Waals surface area contributed by atoms with Gasteiger partial charge in [0, 0.05) is 43.8 Å². The molecule has 4 heterocycles. The summed E-state index contributed by atoms with van der Waals surface area (Å²) in [5, 5.41) is 11.7. The molecular weight excluding hydrogens is 582 g/mol. The molecule has 4 radical (unpaired) electrons. The minimum Gasteiger partial charge on any atom is -0.458 e. The molecular formula is C22H19FN2O4Pb. The first-order chi connectivity index (χ1) is 13.9. The van der Waals surface area contributed by atoms with Crippen LogP contribution in [0.1, 0.15) is 42.5 Å². The number of ether oxygens (including phenoxy) is 1. The Labute approximate surface area is 191 Å². The number of esters is 1. The number of aliphatic hydroxyl groups is 1. The summed E-state index contributed by atoms with van der Waals surface area (Å²) in [5.74, 6) is -1.08. The maximum atomic E-state index is 13.8. The topological polar surface area (TPSA) is 81.4 Å². The normalized spacial score (nSPS) is 19.0.